The van der Waals surface area contributed by atoms with E-state index in [4.69, 9.17) is 36.8 Å². The van der Waals surface area contributed by atoms with Gasteiger partial charge in [-0.1, -0.05) is 30.1 Å². The summed E-state index contributed by atoms with van der Waals surface area (Å²) in [4.78, 5) is 0. The van der Waals surface area contributed by atoms with E-state index in [9.17, 15) is 0 Å². The van der Waals surface area contributed by atoms with Crippen molar-refractivity contribution in [3.8, 4) is 0 Å². The van der Waals surface area contributed by atoms with Crippen LogP contribution >= 0.6 is 31.8 Å². The first kappa shape index (κ1) is 10.6. The Kier molecular flexibility index (Phi) is 4.62. The van der Waals surface area contributed by atoms with Crippen molar-refractivity contribution in [3.05, 3.63) is 10.8 Å². The molecule has 70 valence electrons. The highest BCUT2D eigenvalue weighted by Crippen LogP contribution is 2.44. The lowest BCUT2D eigenvalue weighted by molar-refractivity contribution is 0.0955. The highest BCUT2D eigenvalue weighted by atomic mass is 35.5. The summed E-state index contributed by atoms with van der Waals surface area (Å²) in [5.41, 5.74) is 0. The van der Waals surface area contributed by atoms with Crippen molar-refractivity contribution in [2.45, 2.75) is 6.92 Å². The Morgan fingerprint density at radius 3 is 2.58 bits per heavy atom. The highest BCUT2D eigenvalue weighted by Gasteiger charge is 2.21. The summed E-state index contributed by atoms with van der Waals surface area (Å²) in [6.45, 7) is 3.34. The molecule has 0 bridgehead atoms. The molecule has 1 aliphatic heterocycles. The van der Waals surface area contributed by atoms with E-state index in [-0.39, 0.29) is 4.49 Å². The maximum absolute atomic E-state index is 5.33. The standard InChI is InChI=1S/C6H9Cl2O3P/c1-5-2-9-12(10-3-5)11-4-6(7)8/h4-5H,2-3H2,1H3. The summed E-state index contributed by atoms with van der Waals surface area (Å²) in [7, 11) is -1.28. The zero-order chi connectivity index (χ0) is 8.97. The van der Waals surface area contributed by atoms with Crippen LogP contribution in [0.2, 0.25) is 0 Å². The summed E-state index contributed by atoms with van der Waals surface area (Å²) >= 11 is 10.7. The number of hydrogen-bond donors (Lipinski definition) is 0. The van der Waals surface area contributed by atoms with Crippen LogP contribution < -0.4 is 0 Å². The Bertz CT molecular complexity index is 164. The van der Waals surface area contributed by atoms with Crippen LogP contribution in [-0.2, 0) is 13.6 Å². The van der Waals surface area contributed by atoms with Crippen LogP contribution in [0.4, 0.5) is 0 Å². The summed E-state index contributed by atoms with van der Waals surface area (Å²) < 4.78 is 15.4. The van der Waals surface area contributed by atoms with Crippen LogP contribution in [0.1, 0.15) is 6.92 Å². The lowest BCUT2D eigenvalue weighted by Gasteiger charge is -2.23. The van der Waals surface area contributed by atoms with E-state index in [1.807, 2.05) is 6.92 Å². The number of hydrogen-bond acceptors (Lipinski definition) is 3. The van der Waals surface area contributed by atoms with E-state index in [1.165, 1.54) is 6.26 Å². The molecule has 0 aromatic carbocycles. The second kappa shape index (κ2) is 5.25. The largest absolute Gasteiger partial charge is 0.432 e. The minimum Gasteiger partial charge on any atom is -0.432 e. The van der Waals surface area contributed by atoms with Gasteiger partial charge < -0.3 is 13.6 Å². The maximum atomic E-state index is 5.33. The minimum atomic E-state index is -1.28. The van der Waals surface area contributed by atoms with Crippen LogP contribution in [0, 0.1) is 5.92 Å². The molecule has 3 nitrogen and oxygen atoms in total. The Hall–Kier alpha value is 0.470. The monoisotopic (exact) mass is 230 g/mol. The van der Waals surface area contributed by atoms with Crippen molar-refractivity contribution < 1.29 is 13.6 Å². The summed E-state index contributed by atoms with van der Waals surface area (Å²) in [5.74, 6) is 0.419. The minimum absolute atomic E-state index is 0.0586. The zero-order valence-electron chi connectivity index (χ0n) is 6.50. The molecule has 1 aliphatic rings. The fourth-order valence-electron chi connectivity index (χ4n) is 0.605. The van der Waals surface area contributed by atoms with Gasteiger partial charge in [0.2, 0.25) is 0 Å². The predicted molar refractivity (Wildman–Crippen MR) is 48.9 cm³/mol. The molecule has 1 rings (SSSR count). The van der Waals surface area contributed by atoms with E-state index in [0.29, 0.717) is 19.1 Å². The molecule has 1 saturated heterocycles. The zero-order valence-corrected chi connectivity index (χ0v) is 8.90. The molecule has 0 spiro atoms. The van der Waals surface area contributed by atoms with Crippen molar-refractivity contribution in [3.63, 3.8) is 0 Å². The van der Waals surface area contributed by atoms with Crippen molar-refractivity contribution in [1.29, 1.82) is 0 Å². The van der Waals surface area contributed by atoms with E-state index < -0.39 is 8.60 Å². The van der Waals surface area contributed by atoms with Gasteiger partial charge in [-0.05, 0) is 0 Å². The van der Waals surface area contributed by atoms with E-state index in [1.54, 1.807) is 0 Å². The molecule has 0 amide bonds. The van der Waals surface area contributed by atoms with Gasteiger partial charge in [-0.15, -0.1) is 0 Å². The van der Waals surface area contributed by atoms with Gasteiger partial charge in [-0.2, -0.15) is 0 Å². The van der Waals surface area contributed by atoms with E-state index >= 15 is 0 Å². The Labute approximate surface area is 82.6 Å². The van der Waals surface area contributed by atoms with Crippen molar-refractivity contribution in [2.24, 2.45) is 5.92 Å². The Morgan fingerprint density at radius 2 is 2.08 bits per heavy atom. The van der Waals surface area contributed by atoms with Gasteiger partial charge in [0.05, 0.1) is 13.2 Å². The molecule has 1 heterocycles. The molecule has 0 N–H and O–H groups in total. The van der Waals surface area contributed by atoms with E-state index in [0.717, 1.165) is 0 Å². The summed E-state index contributed by atoms with van der Waals surface area (Å²) in [6, 6.07) is 0. The second-order valence-electron chi connectivity index (χ2n) is 2.43. The molecule has 0 saturated carbocycles. The van der Waals surface area contributed by atoms with Crippen molar-refractivity contribution in [1.82, 2.24) is 0 Å². The normalized spacial score (nSPS) is 29.6. The van der Waals surface area contributed by atoms with Gasteiger partial charge in [0.1, 0.15) is 10.8 Å². The quantitative estimate of drug-likeness (QED) is 0.539. The first-order valence-corrected chi connectivity index (χ1v) is 5.27. The molecule has 0 aromatic heterocycles. The molecule has 0 unspecified atom stereocenters. The fraction of sp³-hybridized carbons (Fsp3) is 0.667. The fourth-order valence-corrected chi connectivity index (χ4v) is 1.96. The molecule has 0 radical (unpaired) electrons. The number of halogens is 2. The van der Waals surface area contributed by atoms with Crippen LogP contribution in [0.5, 0.6) is 0 Å². The average molecular weight is 231 g/mol. The molecule has 1 fully saturated rings. The molecule has 0 aliphatic carbocycles. The molecular weight excluding hydrogens is 222 g/mol. The van der Waals surface area contributed by atoms with Gasteiger partial charge in [0.15, 0.2) is 0 Å². The van der Waals surface area contributed by atoms with Crippen molar-refractivity contribution in [2.75, 3.05) is 13.2 Å². The Morgan fingerprint density at radius 1 is 1.50 bits per heavy atom. The maximum Gasteiger partial charge on any atom is 0.396 e. The smallest absolute Gasteiger partial charge is 0.396 e. The topological polar surface area (TPSA) is 27.7 Å². The molecule has 12 heavy (non-hydrogen) atoms. The highest BCUT2D eigenvalue weighted by molar-refractivity contribution is 7.41. The third-order valence-electron chi connectivity index (χ3n) is 1.16. The van der Waals surface area contributed by atoms with Crippen molar-refractivity contribution >= 4 is 31.8 Å². The van der Waals surface area contributed by atoms with Crippen LogP contribution in [0.15, 0.2) is 10.8 Å². The number of rotatable bonds is 2. The first-order chi connectivity index (χ1) is 5.68. The lowest BCUT2D eigenvalue weighted by atomic mass is 10.2. The van der Waals surface area contributed by atoms with Crippen LogP contribution in [0.25, 0.3) is 0 Å². The summed E-state index contributed by atoms with van der Waals surface area (Å²) in [6.07, 6.45) is 1.21. The van der Waals surface area contributed by atoms with Crippen LogP contribution in [-0.4, -0.2) is 13.2 Å². The predicted octanol–water partition coefficient (Wildman–Crippen LogP) is 3.19. The van der Waals surface area contributed by atoms with Crippen LogP contribution in [0.3, 0.4) is 0 Å². The third kappa shape index (κ3) is 3.92. The Balaban J connectivity index is 2.22. The van der Waals surface area contributed by atoms with E-state index in [2.05, 4.69) is 0 Å². The molecular formula is C6H9Cl2O3P. The van der Waals surface area contributed by atoms with Gasteiger partial charge in [0, 0.05) is 5.92 Å². The summed E-state index contributed by atoms with van der Waals surface area (Å²) in [5, 5.41) is 0. The van der Waals surface area contributed by atoms with Gasteiger partial charge >= 0.3 is 8.60 Å². The average Bonchev–Trinajstić information content (AvgIpc) is 2.03. The van der Waals surface area contributed by atoms with Gasteiger partial charge in [0.25, 0.3) is 0 Å². The van der Waals surface area contributed by atoms with Gasteiger partial charge in [-0.25, -0.2) is 0 Å². The molecule has 0 aromatic rings. The molecule has 0 atom stereocenters. The second-order valence-corrected chi connectivity index (χ2v) is 4.62. The SMILES string of the molecule is CC1COP(OC=C(Cl)Cl)OC1. The third-order valence-corrected chi connectivity index (χ3v) is 2.33. The van der Waals surface area contributed by atoms with Gasteiger partial charge in [-0.3, -0.25) is 0 Å². The first-order valence-electron chi connectivity index (χ1n) is 3.42. The molecule has 6 heteroatoms. The lowest BCUT2D eigenvalue weighted by Crippen LogP contribution is -2.16.